The van der Waals surface area contributed by atoms with E-state index >= 15 is 0 Å². The number of carbonyl (C=O) groups is 1. The molecule has 6 heteroatoms. The predicted molar refractivity (Wildman–Crippen MR) is 70.1 cm³/mol. The zero-order valence-corrected chi connectivity index (χ0v) is 11.0. The SMILES string of the molecule is CCC(Cl)CNC(=O)c1cc([N+](=O)[O-])ccc1C. The molecule has 98 valence electrons. The van der Waals surface area contributed by atoms with Gasteiger partial charge in [-0.2, -0.15) is 0 Å². The van der Waals surface area contributed by atoms with Gasteiger partial charge in [0.05, 0.1) is 10.3 Å². The minimum absolute atomic E-state index is 0.0938. The lowest BCUT2D eigenvalue weighted by molar-refractivity contribution is -0.384. The molecule has 0 spiro atoms. The van der Waals surface area contributed by atoms with Gasteiger partial charge < -0.3 is 5.32 Å². The monoisotopic (exact) mass is 270 g/mol. The molecule has 18 heavy (non-hydrogen) atoms. The Hall–Kier alpha value is -1.62. The van der Waals surface area contributed by atoms with E-state index in [1.165, 1.54) is 12.1 Å². The van der Waals surface area contributed by atoms with Crippen molar-refractivity contribution in [3.05, 3.63) is 39.4 Å². The summed E-state index contributed by atoms with van der Waals surface area (Å²) in [5, 5.41) is 13.2. The fourth-order valence-electron chi connectivity index (χ4n) is 1.41. The summed E-state index contributed by atoms with van der Waals surface area (Å²) in [6, 6.07) is 4.22. The lowest BCUT2D eigenvalue weighted by Crippen LogP contribution is -2.30. The highest BCUT2D eigenvalue weighted by Gasteiger charge is 2.15. The van der Waals surface area contributed by atoms with Crippen molar-refractivity contribution >= 4 is 23.2 Å². The first kappa shape index (κ1) is 14.4. The number of nitro benzene ring substituents is 1. The Morgan fingerprint density at radius 2 is 2.22 bits per heavy atom. The van der Waals surface area contributed by atoms with Crippen LogP contribution in [0.5, 0.6) is 0 Å². The quantitative estimate of drug-likeness (QED) is 0.508. The van der Waals surface area contributed by atoms with Gasteiger partial charge in [-0.25, -0.2) is 0 Å². The van der Waals surface area contributed by atoms with Crippen LogP contribution in [0.4, 0.5) is 5.69 Å². The van der Waals surface area contributed by atoms with E-state index < -0.39 is 4.92 Å². The number of nitrogens with one attached hydrogen (secondary N) is 1. The molecule has 0 bridgehead atoms. The van der Waals surface area contributed by atoms with Gasteiger partial charge in [0.1, 0.15) is 0 Å². The van der Waals surface area contributed by atoms with E-state index in [0.717, 1.165) is 6.42 Å². The highest BCUT2D eigenvalue weighted by Crippen LogP contribution is 2.17. The Bertz CT molecular complexity index is 463. The summed E-state index contributed by atoms with van der Waals surface area (Å²) < 4.78 is 0. The van der Waals surface area contributed by atoms with Gasteiger partial charge in [-0.15, -0.1) is 11.6 Å². The van der Waals surface area contributed by atoms with Crippen molar-refractivity contribution in [2.75, 3.05) is 6.54 Å². The number of amides is 1. The predicted octanol–water partition coefficient (Wildman–Crippen LogP) is 2.65. The van der Waals surface area contributed by atoms with Crippen LogP contribution in [0.25, 0.3) is 0 Å². The number of aryl methyl sites for hydroxylation is 1. The number of nitrogens with zero attached hydrogens (tertiary/aromatic N) is 1. The average Bonchev–Trinajstić information content (AvgIpc) is 2.35. The number of hydrogen-bond donors (Lipinski definition) is 1. The Labute approximate surface area is 110 Å². The fourth-order valence-corrected chi connectivity index (χ4v) is 1.49. The van der Waals surface area contributed by atoms with Gasteiger partial charge in [0.15, 0.2) is 0 Å². The largest absolute Gasteiger partial charge is 0.351 e. The highest BCUT2D eigenvalue weighted by atomic mass is 35.5. The van der Waals surface area contributed by atoms with Crippen LogP contribution in [0.1, 0.15) is 29.3 Å². The van der Waals surface area contributed by atoms with Gasteiger partial charge in [-0.3, -0.25) is 14.9 Å². The van der Waals surface area contributed by atoms with Crippen molar-refractivity contribution in [3.63, 3.8) is 0 Å². The number of halogens is 1. The number of non-ortho nitro benzene ring substituents is 1. The third-order valence-corrected chi connectivity index (χ3v) is 3.07. The molecule has 0 aliphatic heterocycles. The molecule has 1 amide bonds. The summed E-state index contributed by atoms with van der Waals surface area (Å²) in [4.78, 5) is 22.0. The van der Waals surface area contributed by atoms with Crippen molar-refractivity contribution in [2.24, 2.45) is 0 Å². The molecule has 0 aliphatic rings. The van der Waals surface area contributed by atoms with Crippen LogP contribution >= 0.6 is 11.6 Å². The standard InChI is InChI=1S/C12H15ClN2O3/c1-3-9(13)7-14-12(16)11-6-10(15(17)18)5-4-8(11)2/h4-6,9H,3,7H2,1-2H3,(H,14,16). The van der Waals surface area contributed by atoms with Crippen LogP contribution in [0.15, 0.2) is 18.2 Å². The summed E-state index contributed by atoms with van der Waals surface area (Å²) in [6.07, 6.45) is 0.746. The molecule has 1 aromatic carbocycles. The van der Waals surface area contributed by atoms with Gasteiger partial charge in [0, 0.05) is 24.2 Å². The molecular weight excluding hydrogens is 256 g/mol. The van der Waals surface area contributed by atoms with E-state index in [2.05, 4.69) is 5.32 Å². The zero-order chi connectivity index (χ0) is 13.7. The Kier molecular flexibility index (Phi) is 5.09. The van der Waals surface area contributed by atoms with Crippen LogP contribution in [-0.4, -0.2) is 22.8 Å². The van der Waals surface area contributed by atoms with E-state index in [-0.39, 0.29) is 17.0 Å². The second-order valence-electron chi connectivity index (χ2n) is 3.97. The molecule has 0 saturated carbocycles. The van der Waals surface area contributed by atoms with Crippen molar-refractivity contribution in [1.82, 2.24) is 5.32 Å². The van der Waals surface area contributed by atoms with E-state index in [4.69, 9.17) is 11.6 Å². The van der Waals surface area contributed by atoms with E-state index in [1.54, 1.807) is 13.0 Å². The van der Waals surface area contributed by atoms with Crippen molar-refractivity contribution in [3.8, 4) is 0 Å². The molecule has 1 unspecified atom stereocenters. The third kappa shape index (κ3) is 3.70. The molecule has 1 rings (SSSR count). The number of alkyl halides is 1. The fraction of sp³-hybridized carbons (Fsp3) is 0.417. The molecule has 0 heterocycles. The summed E-state index contributed by atoms with van der Waals surface area (Å²) >= 11 is 5.90. The van der Waals surface area contributed by atoms with Gasteiger partial charge in [-0.1, -0.05) is 13.0 Å². The summed E-state index contributed by atoms with van der Waals surface area (Å²) in [7, 11) is 0. The third-order valence-electron chi connectivity index (χ3n) is 2.60. The maximum Gasteiger partial charge on any atom is 0.270 e. The lowest BCUT2D eigenvalue weighted by Gasteiger charge is -2.10. The molecule has 0 aromatic heterocycles. The molecular formula is C12H15ClN2O3. The smallest absolute Gasteiger partial charge is 0.270 e. The Morgan fingerprint density at radius 3 is 2.78 bits per heavy atom. The average molecular weight is 271 g/mol. The maximum absolute atomic E-state index is 11.9. The van der Waals surface area contributed by atoms with Crippen LogP contribution in [0, 0.1) is 17.0 Å². The minimum atomic E-state index is -0.521. The number of rotatable bonds is 5. The van der Waals surface area contributed by atoms with E-state index in [0.29, 0.717) is 17.7 Å². The first-order valence-corrected chi connectivity index (χ1v) is 6.06. The van der Waals surface area contributed by atoms with E-state index in [1.807, 2.05) is 6.92 Å². The van der Waals surface area contributed by atoms with Crippen molar-refractivity contribution in [1.29, 1.82) is 0 Å². The first-order chi connectivity index (χ1) is 8.45. The molecule has 0 aliphatic carbocycles. The molecule has 1 aromatic rings. The molecule has 5 nitrogen and oxygen atoms in total. The van der Waals surface area contributed by atoms with Crippen LogP contribution in [0.3, 0.4) is 0 Å². The van der Waals surface area contributed by atoms with Crippen molar-refractivity contribution < 1.29 is 9.72 Å². The lowest BCUT2D eigenvalue weighted by atomic mass is 10.1. The highest BCUT2D eigenvalue weighted by molar-refractivity contribution is 6.20. The topological polar surface area (TPSA) is 72.2 Å². The van der Waals surface area contributed by atoms with Crippen LogP contribution in [0.2, 0.25) is 0 Å². The molecule has 0 radical (unpaired) electrons. The molecule has 0 saturated heterocycles. The summed E-state index contributed by atoms with van der Waals surface area (Å²) in [6.45, 7) is 4.00. The molecule has 1 N–H and O–H groups in total. The molecule has 0 fully saturated rings. The van der Waals surface area contributed by atoms with Gasteiger partial charge in [-0.05, 0) is 18.9 Å². The number of carbonyl (C=O) groups excluding carboxylic acids is 1. The second-order valence-corrected chi connectivity index (χ2v) is 4.59. The van der Waals surface area contributed by atoms with Crippen LogP contribution < -0.4 is 5.32 Å². The van der Waals surface area contributed by atoms with Crippen LogP contribution in [-0.2, 0) is 0 Å². The Balaban J connectivity index is 2.84. The number of benzene rings is 1. The summed E-state index contributed by atoms with van der Waals surface area (Å²) in [5.74, 6) is -0.338. The second kappa shape index (κ2) is 6.35. The normalized spacial score (nSPS) is 11.9. The van der Waals surface area contributed by atoms with Gasteiger partial charge in [0.2, 0.25) is 0 Å². The Morgan fingerprint density at radius 1 is 1.56 bits per heavy atom. The van der Waals surface area contributed by atoms with Crippen molar-refractivity contribution in [2.45, 2.75) is 25.6 Å². The van der Waals surface area contributed by atoms with E-state index in [9.17, 15) is 14.9 Å². The first-order valence-electron chi connectivity index (χ1n) is 5.63. The zero-order valence-electron chi connectivity index (χ0n) is 10.3. The number of nitro groups is 1. The van der Waals surface area contributed by atoms with Gasteiger partial charge >= 0.3 is 0 Å². The number of hydrogen-bond acceptors (Lipinski definition) is 3. The summed E-state index contributed by atoms with van der Waals surface area (Å²) in [5.41, 5.74) is 0.911. The van der Waals surface area contributed by atoms with Gasteiger partial charge in [0.25, 0.3) is 11.6 Å². The minimum Gasteiger partial charge on any atom is -0.351 e. The maximum atomic E-state index is 11.9. The molecule has 1 atom stereocenters.